The van der Waals surface area contributed by atoms with Gasteiger partial charge in [0.1, 0.15) is 23.6 Å². The zero-order chi connectivity index (χ0) is 35.0. The highest BCUT2D eigenvalue weighted by Crippen LogP contribution is 2.46. The van der Waals surface area contributed by atoms with Gasteiger partial charge in [-0.2, -0.15) is 13.2 Å². The molecule has 2 aliphatic heterocycles. The summed E-state index contributed by atoms with van der Waals surface area (Å²) in [4.78, 5) is 41.6. The summed E-state index contributed by atoms with van der Waals surface area (Å²) in [6.45, 7) is 5.99. The molecule has 0 unspecified atom stereocenters. The maximum Gasteiger partial charge on any atom is 0.452 e. The van der Waals surface area contributed by atoms with Gasteiger partial charge in [-0.1, -0.05) is 35.3 Å². The van der Waals surface area contributed by atoms with E-state index in [0.29, 0.717) is 11.3 Å². The van der Waals surface area contributed by atoms with E-state index in [1.807, 2.05) is 0 Å². The molecule has 0 saturated carbocycles. The van der Waals surface area contributed by atoms with Crippen LogP contribution in [-0.2, 0) is 30.0 Å². The third-order valence-corrected chi connectivity index (χ3v) is 8.49. The average Bonchev–Trinajstić information content (AvgIpc) is 3.43. The molecule has 1 fully saturated rings. The first-order valence-electron chi connectivity index (χ1n) is 15.1. The molecule has 0 N–H and O–H groups in total. The number of esters is 1. The fraction of sp³-hybridized carbons (Fsp3) is 0.469. The van der Waals surface area contributed by atoms with Crippen molar-refractivity contribution in [3.63, 3.8) is 0 Å². The second-order valence-electron chi connectivity index (χ2n) is 12.3. The number of piperazine rings is 1. The van der Waals surface area contributed by atoms with E-state index in [-0.39, 0.29) is 78.5 Å². The van der Waals surface area contributed by atoms with Crippen molar-refractivity contribution in [1.82, 2.24) is 24.6 Å². The van der Waals surface area contributed by atoms with Crippen molar-refractivity contribution < 1.29 is 41.8 Å². The van der Waals surface area contributed by atoms with Crippen LogP contribution in [-0.4, -0.2) is 81.2 Å². The molecule has 258 valence electrons. The van der Waals surface area contributed by atoms with Crippen molar-refractivity contribution in [1.29, 1.82) is 0 Å². The lowest BCUT2D eigenvalue weighted by Crippen LogP contribution is -2.51. The third-order valence-electron chi connectivity index (χ3n) is 7.85. The van der Waals surface area contributed by atoms with Gasteiger partial charge in [0.2, 0.25) is 17.6 Å². The summed E-state index contributed by atoms with van der Waals surface area (Å²) in [7, 11) is 1.43. The molecule has 3 heterocycles. The van der Waals surface area contributed by atoms with Gasteiger partial charge in [0.15, 0.2) is 5.82 Å². The molecule has 0 bridgehead atoms. The quantitative estimate of drug-likeness (QED) is 0.277. The van der Waals surface area contributed by atoms with Crippen molar-refractivity contribution in [2.24, 2.45) is 0 Å². The molecule has 1 saturated heterocycles. The van der Waals surface area contributed by atoms with Gasteiger partial charge in [-0.25, -0.2) is 0 Å². The van der Waals surface area contributed by atoms with Gasteiger partial charge in [0, 0.05) is 48.7 Å². The molecule has 2 aliphatic rings. The van der Waals surface area contributed by atoms with Crippen LogP contribution in [0.15, 0.2) is 36.4 Å². The number of hydrogen-bond acceptors (Lipinski definition) is 8. The van der Waals surface area contributed by atoms with E-state index in [1.54, 1.807) is 43.9 Å². The Kier molecular flexibility index (Phi) is 10.3. The van der Waals surface area contributed by atoms with Crippen molar-refractivity contribution in [3.8, 4) is 11.4 Å². The Bertz CT molecular complexity index is 1700. The number of fused-ring (bicyclic) bond motifs is 3. The minimum atomic E-state index is -4.89. The number of nitrogens with zero attached hydrogens (tertiary/aromatic N) is 5. The van der Waals surface area contributed by atoms with E-state index in [0.717, 1.165) is 4.57 Å². The summed E-state index contributed by atoms with van der Waals surface area (Å²) in [5.41, 5.74) is 0.0228. The first kappa shape index (κ1) is 35.4. The van der Waals surface area contributed by atoms with Crippen LogP contribution >= 0.6 is 23.2 Å². The maximum atomic E-state index is 14.3. The van der Waals surface area contributed by atoms with Gasteiger partial charge in [-0.05, 0) is 45.0 Å². The number of amides is 2. The van der Waals surface area contributed by atoms with Crippen molar-refractivity contribution in [2.45, 2.75) is 64.0 Å². The van der Waals surface area contributed by atoms with Crippen LogP contribution < -0.4 is 4.74 Å². The molecule has 2 atom stereocenters. The van der Waals surface area contributed by atoms with Gasteiger partial charge in [-0.3, -0.25) is 19.0 Å². The number of benzene rings is 2. The average molecular weight is 713 g/mol. The number of ether oxygens (including phenoxy) is 3. The van der Waals surface area contributed by atoms with Crippen LogP contribution in [0.4, 0.5) is 13.2 Å². The summed E-state index contributed by atoms with van der Waals surface area (Å²) in [6.07, 6.45) is -7.76. The van der Waals surface area contributed by atoms with Gasteiger partial charge in [0.25, 0.3) is 0 Å². The molecule has 2 amide bonds. The minimum absolute atomic E-state index is 0.0330. The fourth-order valence-electron chi connectivity index (χ4n) is 5.68. The third kappa shape index (κ3) is 7.71. The Morgan fingerprint density at radius 2 is 1.60 bits per heavy atom. The maximum absolute atomic E-state index is 14.3. The monoisotopic (exact) mass is 711 g/mol. The smallest absolute Gasteiger partial charge is 0.452 e. The summed E-state index contributed by atoms with van der Waals surface area (Å²) >= 11 is 13.0. The summed E-state index contributed by atoms with van der Waals surface area (Å²) < 4.78 is 60.8. The summed E-state index contributed by atoms with van der Waals surface area (Å²) in [5, 5.41) is 7.73. The van der Waals surface area contributed by atoms with Crippen molar-refractivity contribution >= 4 is 41.0 Å². The van der Waals surface area contributed by atoms with E-state index in [4.69, 9.17) is 37.4 Å². The van der Waals surface area contributed by atoms with Gasteiger partial charge >= 0.3 is 12.1 Å². The molecular formula is C32H34Cl2F3N5O6. The van der Waals surface area contributed by atoms with Crippen LogP contribution in [0.3, 0.4) is 0 Å². The molecule has 0 spiro atoms. The van der Waals surface area contributed by atoms with Crippen molar-refractivity contribution in [2.75, 3.05) is 33.3 Å². The first-order valence-corrected chi connectivity index (χ1v) is 15.9. The Labute approximate surface area is 284 Å². The van der Waals surface area contributed by atoms with Gasteiger partial charge in [-0.15, -0.1) is 10.2 Å². The normalized spacial score (nSPS) is 18.1. The highest BCUT2D eigenvalue weighted by molar-refractivity contribution is 6.33. The molecule has 0 radical (unpaired) electrons. The summed E-state index contributed by atoms with van der Waals surface area (Å²) in [5.74, 6) is -2.36. The number of aromatic nitrogens is 3. The number of hydrogen-bond donors (Lipinski definition) is 0. The van der Waals surface area contributed by atoms with Crippen molar-refractivity contribution in [3.05, 3.63) is 69.2 Å². The molecule has 5 rings (SSSR count). The fourth-order valence-corrected chi connectivity index (χ4v) is 6.17. The van der Waals surface area contributed by atoms with Crippen LogP contribution in [0.5, 0.6) is 5.75 Å². The highest BCUT2D eigenvalue weighted by Gasteiger charge is 2.44. The second kappa shape index (κ2) is 13.9. The number of rotatable bonds is 7. The second-order valence-corrected chi connectivity index (χ2v) is 13.2. The molecule has 1 aromatic heterocycles. The van der Waals surface area contributed by atoms with E-state index in [9.17, 15) is 27.6 Å². The van der Waals surface area contributed by atoms with Crippen LogP contribution in [0.1, 0.15) is 75.0 Å². The van der Waals surface area contributed by atoms with Crippen LogP contribution in [0.2, 0.25) is 10.0 Å². The Hall–Kier alpha value is -3.88. The number of alkyl halides is 3. The predicted octanol–water partition coefficient (Wildman–Crippen LogP) is 5.95. The number of methoxy groups -OCH3 is 1. The van der Waals surface area contributed by atoms with Gasteiger partial charge < -0.3 is 24.0 Å². The lowest BCUT2D eigenvalue weighted by Gasteiger charge is -2.35. The Balaban J connectivity index is 1.40. The zero-order valence-electron chi connectivity index (χ0n) is 26.6. The molecule has 2 aromatic carbocycles. The predicted molar refractivity (Wildman–Crippen MR) is 168 cm³/mol. The first-order chi connectivity index (χ1) is 22.6. The zero-order valence-corrected chi connectivity index (χ0v) is 28.2. The molecule has 16 heteroatoms. The molecular weight excluding hydrogens is 678 g/mol. The number of halogens is 5. The molecule has 48 heavy (non-hydrogen) atoms. The standard InChI is InChI=1S/C32H34Cl2F3N5O6/c1-31(2,3)48-26(45)11-10-24(43)40-12-14-41(15-13-40)25(44)17-23-29-38-39-30(32(35,36)37)42(29)21-9-8-18(33)16-20(21)28(47-23)19-6-5-7-22(46-4)27(19)34/h5-9,16,23,28H,10-15,17H2,1-4H3/t23-,28-/m1/s1. The van der Waals surface area contributed by atoms with E-state index in [2.05, 4.69) is 10.2 Å². The highest BCUT2D eigenvalue weighted by atomic mass is 35.5. The lowest BCUT2D eigenvalue weighted by molar-refractivity contribution is -0.156. The number of carbonyl (C=O) groups excluding carboxylic acids is 3. The van der Waals surface area contributed by atoms with Crippen LogP contribution in [0, 0.1) is 0 Å². The topological polar surface area (TPSA) is 116 Å². The summed E-state index contributed by atoms with van der Waals surface area (Å²) in [6, 6.07) is 9.26. The minimum Gasteiger partial charge on any atom is -0.495 e. The van der Waals surface area contributed by atoms with E-state index >= 15 is 0 Å². The SMILES string of the molecule is COc1cccc([C@H]2O[C@H](CC(=O)N3CCN(C(=O)CCC(=O)OC(C)(C)C)CC3)c3nnc(C(F)(F)F)n3-c3ccc(Cl)cc32)c1Cl. The molecule has 11 nitrogen and oxygen atoms in total. The molecule has 0 aliphatic carbocycles. The largest absolute Gasteiger partial charge is 0.495 e. The Morgan fingerprint density at radius 3 is 2.23 bits per heavy atom. The van der Waals surface area contributed by atoms with E-state index in [1.165, 1.54) is 30.2 Å². The van der Waals surface area contributed by atoms with Gasteiger partial charge in [0.05, 0.1) is 30.7 Å². The lowest BCUT2D eigenvalue weighted by atomic mass is 9.99. The Morgan fingerprint density at radius 1 is 0.938 bits per heavy atom. The number of carbonyl (C=O) groups is 3. The van der Waals surface area contributed by atoms with E-state index < -0.39 is 41.7 Å². The molecule has 3 aromatic rings. The van der Waals surface area contributed by atoms with Crippen LogP contribution in [0.25, 0.3) is 5.69 Å².